The molecule has 0 fully saturated rings. The molecule has 1 rings (SSSR count). The van der Waals surface area contributed by atoms with Gasteiger partial charge in [-0.15, -0.1) is 0 Å². The van der Waals surface area contributed by atoms with E-state index in [-0.39, 0.29) is 23.0 Å². The molecule has 0 aliphatic rings. The van der Waals surface area contributed by atoms with Gasteiger partial charge in [0, 0.05) is 5.57 Å². The van der Waals surface area contributed by atoms with Crippen molar-refractivity contribution in [3.05, 3.63) is 35.9 Å². The number of carboxylic acid groups (broad SMARTS) is 1. The first-order valence-electron chi connectivity index (χ1n) is 5.34. The van der Waals surface area contributed by atoms with E-state index in [0.717, 1.165) is 5.56 Å². The lowest BCUT2D eigenvalue weighted by atomic mass is 9.94. The summed E-state index contributed by atoms with van der Waals surface area (Å²) >= 11 is 0. The Morgan fingerprint density at radius 3 is 2.53 bits per heavy atom. The number of aromatic hydroxyl groups is 2. The van der Waals surface area contributed by atoms with Gasteiger partial charge in [0.1, 0.15) is 0 Å². The highest BCUT2D eigenvalue weighted by atomic mass is 16.4. The third-order valence-corrected chi connectivity index (χ3v) is 2.75. The first-order chi connectivity index (χ1) is 7.91. The standard InChI is InChI=1S/C13H16O4/c1-8(3-4-9(2)13(16)17)10-5-6-11(14)12(15)7-10/h5-8,14-15H,2-4H2,1H3,(H,16,17). The van der Waals surface area contributed by atoms with Crippen molar-refractivity contribution in [3.8, 4) is 11.5 Å². The molecular formula is C13H16O4. The zero-order valence-electron chi connectivity index (χ0n) is 9.68. The van der Waals surface area contributed by atoms with Gasteiger partial charge in [0.2, 0.25) is 0 Å². The number of hydrogen-bond acceptors (Lipinski definition) is 3. The summed E-state index contributed by atoms with van der Waals surface area (Å²) in [5.41, 5.74) is 1.04. The van der Waals surface area contributed by atoms with E-state index in [1.54, 1.807) is 6.07 Å². The Labute approximate surface area is 99.8 Å². The van der Waals surface area contributed by atoms with Crippen molar-refractivity contribution < 1.29 is 20.1 Å². The maximum absolute atomic E-state index is 10.6. The zero-order chi connectivity index (χ0) is 13.0. The molecule has 3 N–H and O–H groups in total. The highest BCUT2D eigenvalue weighted by Gasteiger charge is 2.11. The van der Waals surface area contributed by atoms with Gasteiger partial charge in [-0.05, 0) is 36.5 Å². The number of aliphatic carboxylic acids is 1. The van der Waals surface area contributed by atoms with E-state index in [9.17, 15) is 15.0 Å². The Hall–Kier alpha value is -1.97. The van der Waals surface area contributed by atoms with Gasteiger partial charge in [-0.3, -0.25) is 0 Å². The lowest BCUT2D eigenvalue weighted by Gasteiger charge is -2.12. The van der Waals surface area contributed by atoms with Gasteiger partial charge >= 0.3 is 5.97 Å². The normalized spacial score (nSPS) is 12.1. The number of benzene rings is 1. The number of phenols is 2. The maximum Gasteiger partial charge on any atom is 0.330 e. The fraction of sp³-hybridized carbons (Fsp3) is 0.308. The van der Waals surface area contributed by atoms with Crippen LogP contribution in [0.1, 0.15) is 31.2 Å². The molecule has 0 amide bonds. The minimum atomic E-state index is -0.981. The van der Waals surface area contributed by atoms with Crippen LogP contribution in [0.25, 0.3) is 0 Å². The van der Waals surface area contributed by atoms with Crippen molar-refractivity contribution >= 4 is 5.97 Å². The number of rotatable bonds is 5. The van der Waals surface area contributed by atoms with Crippen molar-refractivity contribution in [1.29, 1.82) is 0 Å². The van der Waals surface area contributed by atoms with Gasteiger partial charge in [-0.25, -0.2) is 4.79 Å². The summed E-state index contributed by atoms with van der Waals surface area (Å²) in [5.74, 6) is -1.20. The summed E-state index contributed by atoms with van der Waals surface area (Å²) in [6.45, 7) is 5.39. The van der Waals surface area contributed by atoms with Gasteiger partial charge in [0.15, 0.2) is 11.5 Å². The van der Waals surface area contributed by atoms with Crippen LogP contribution in [0.15, 0.2) is 30.4 Å². The van der Waals surface area contributed by atoms with Gasteiger partial charge < -0.3 is 15.3 Å². The number of carboxylic acids is 1. The molecule has 0 radical (unpaired) electrons. The van der Waals surface area contributed by atoms with E-state index in [1.807, 2.05) is 6.92 Å². The van der Waals surface area contributed by atoms with E-state index in [0.29, 0.717) is 12.8 Å². The molecular weight excluding hydrogens is 220 g/mol. The summed E-state index contributed by atoms with van der Waals surface area (Å²) in [7, 11) is 0. The van der Waals surface area contributed by atoms with E-state index in [4.69, 9.17) is 5.11 Å². The molecule has 0 aliphatic carbocycles. The Bertz CT molecular complexity index is 437. The van der Waals surface area contributed by atoms with Crippen molar-refractivity contribution in [1.82, 2.24) is 0 Å². The molecule has 1 aromatic rings. The average molecular weight is 236 g/mol. The number of carbonyl (C=O) groups is 1. The SMILES string of the molecule is C=C(CCC(C)c1ccc(O)c(O)c1)C(=O)O. The van der Waals surface area contributed by atoms with Crippen LogP contribution in [0, 0.1) is 0 Å². The van der Waals surface area contributed by atoms with Crippen LogP contribution in [-0.2, 0) is 4.79 Å². The quantitative estimate of drug-likeness (QED) is 0.542. The molecule has 17 heavy (non-hydrogen) atoms. The van der Waals surface area contributed by atoms with Crippen LogP contribution in [0.4, 0.5) is 0 Å². The van der Waals surface area contributed by atoms with Crippen LogP contribution in [0.3, 0.4) is 0 Å². The Balaban J connectivity index is 2.64. The molecule has 0 bridgehead atoms. The maximum atomic E-state index is 10.6. The molecule has 92 valence electrons. The second kappa shape index (κ2) is 5.39. The Morgan fingerprint density at radius 2 is 2.00 bits per heavy atom. The molecule has 4 heteroatoms. The van der Waals surface area contributed by atoms with Crippen LogP contribution in [0.2, 0.25) is 0 Å². The highest BCUT2D eigenvalue weighted by Crippen LogP contribution is 2.30. The van der Waals surface area contributed by atoms with E-state index < -0.39 is 5.97 Å². The molecule has 1 atom stereocenters. The van der Waals surface area contributed by atoms with Crippen molar-refractivity contribution in [3.63, 3.8) is 0 Å². The van der Waals surface area contributed by atoms with E-state index >= 15 is 0 Å². The van der Waals surface area contributed by atoms with Gasteiger partial charge in [-0.2, -0.15) is 0 Å². The minimum Gasteiger partial charge on any atom is -0.504 e. The van der Waals surface area contributed by atoms with Gasteiger partial charge in [0.25, 0.3) is 0 Å². The second-order valence-electron chi connectivity index (χ2n) is 4.10. The van der Waals surface area contributed by atoms with Crippen molar-refractivity contribution in [2.45, 2.75) is 25.7 Å². The summed E-state index contributed by atoms with van der Waals surface area (Å²) < 4.78 is 0. The third-order valence-electron chi connectivity index (χ3n) is 2.75. The number of phenolic OH excluding ortho intramolecular Hbond substituents is 2. The van der Waals surface area contributed by atoms with E-state index in [1.165, 1.54) is 12.1 Å². The van der Waals surface area contributed by atoms with Crippen LogP contribution in [0.5, 0.6) is 11.5 Å². The molecule has 1 aromatic carbocycles. The number of hydrogen-bond donors (Lipinski definition) is 3. The zero-order valence-corrected chi connectivity index (χ0v) is 9.68. The molecule has 4 nitrogen and oxygen atoms in total. The Morgan fingerprint density at radius 1 is 1.35 bits per heavy atom. The lowest BCUT2D eigenvalue weighted by molar-refractivity contribution is -0.132. The lowest BCUT2D eigenvalue weighted by Crippen LogP contribution is -2.01. The predicted octanol–water partition coefficient (Wildman–Crippen LogP) is 2.62. The minimum absolute atomic E-state index is 0.0950. The molecule has 0 saturated carbocycles. The van der Waals surface area contributed by atoms with Crippen molar-refractivity contribution in [2.24, 2.45) is 0 Å². The summed E-state index contributed by atoms with van der Waals surface area (Å²) in [6, 6.07) is 4.62. The summed E-state index contributed by atoms with van der Waals surface area (Å²) in [4.78, 5) is 10.6. The monoisotopic (exact) mass is 236 g/mol. The predicted molar refractivity (Wildman–Crippen MR) is 64.2 cm³/mol. The second-order valence-corrected chi connectivity index (χ2v) is 4.10. The first kappa shape index (κ1) is 13.1. The Kier molecular flexibility index (Phi) is 4.15. The van der Waals surface area contributed by atoms with Gasteiger partial charge in [-0.1, -0.05) is 19.6 Å². The topological polar surface area (TPSA) is 77.8 Å². The highest BCUT2D eigenvalue weighted by molar-refractivity contribution is 5.85. The van der Waals surface area contributed by atoms with Crippen LogP contribution >= 0.6 is 0 Å². The summed E-state index contributed by atoms with van der Waals surface area (Å²) in [5, 5.41) is 27.2. The smallest absolute Gasteiger partial charge is 0.330 e. The molecule has 0 aromatic heterocycles. The van der Waals surface area contributed by atoms with E-state index in [2.05, 4.69) is 6.58 Å². The largest absolute Gasteiger partial charge is 0.504 e. The van der Waals surface area contributed by atoms with Crippen LogP contribution < -0.4 is 0 Å². The van der Waals surface area contributed by atoms with Gasteiger partial charge in [0.05, 0.1) is 0 Å². The fourth-order valence-electron chi connectivity index (χ4n) is 1.51. The van der Waals surface area contributed by atoms with Crippen molar-refractivity contribution in [2.75, 3.05) is 0 Å². The molecule has 0 saturated heterocycles. The first-order valence-corrected chi connectivity index (χ1v) is 5.34. The third kappa shape index (κ3) is 3.52. The average Bonchev–Trinajstić information content (AvgIpc) is 2.28. The summed E-state index contributed by atoms with van der Waals surface area (Å²) in [6.07, 6.45) is 1.04. The molecule has 1 unspecified atom stereocenters. The molecule has 0 heterocycles. The molecule has 0 aliphatic heterocycles. The molecule has 0 spiro atoms. The van der Waals surface area contributed by atoms with Crippen LogP contribution in [-0.4, -0.2) is 21.3 Å². The fourth-order valence-corrected chi connectivity index (χ4v) is 1.51.